The Morgan fingerprint density at radius 1 is 1.29 bits per heavy atom. The Labute approximate surface area is 138 Å². The molecule has 0 spiro atoms. The summed E-state index contributed by atoms with van der Waals surface area (Å²) in [5, 5.41) is 1.03. The molecule has 1 saturated heterocycles. The zero-order chi connectivity index (χ0) is 16.7. The molecule has 0 amide bonds. The Kier molecular flexibility index (Phi) is 3.61. The van der Waals surface area contributed by atoms with Gasteiger partial charge < -0.3 is 15.7 Å². The van der Waals surface area contributed by atoms with Crippen LogP contribution in [-0.2, 0) is 6.54 Å². The molecule has 2 aromatic heterocycles. The van der Waals surface area contributed by atoms with Crippen LogP contribution in [0.5, 0.6) is 0 Å². The first-order chi connectivity index (χ1) is 11.6. The van der Waals surface area contributed by atoms with Crippen LogP contribution >= 0.6 is 0 Å². The normalized spacial score (nSPS) is 18.5. The number of hydrogen-bond donors (Lipinski definition) is 3. The molecule has 0 radical (unpaired) electrons. The summed E-state index contributed by atoms with van der Waals surface area (Å²) >= 11 is 0. The molecule has 4 N–H and O–H groups in total. The number of H-pyrrole nitrogens is 2. The minimum atomic E-state index is -0.706. The monoisotopic (exact) mass is 326 g/mol. The van der Waals surface area contributed by atoms with Crippen LogP contribution in [-0.4, -0.2) is 34.1 Å². The maximum Gasteiger partial charge on any atom is 0.257 e. The lowest BCUT2D eigenvalue weighted by Crippen LogP contribution is -2.20. The molecule has 1 aromatic carbocycles. The molecule has 1 aliphatic rings. The summed E-state index contributed by atoms with van der Waals surface area (Å²) in [6.07, 6.45) is 1.40. The van der Waals surface area contributed by atoms with E-state index in [1.807, 2.05) is 18.2 Å². The second-order valence-electron chi connectivity index (χ2n) is 6.40. The summed E-state index contributed by atoms with van der Waals surface area (Å²) < 4.78 is 13.3. The Balaban J connectivity index is 1.66. The number of aromatic amines is 2. The van der Waals surface area contributed by atoms with Crippen molar-refractivity contribution in [2.75, 3.05) is 18.8 Å². The molecular weight excluding hydrogens is 307 g/mol. The fourth-order valence-corrected chi connectivity index (χ4v) is 3.31. The summed E-state index contributed by atoms with van der Waals surface area (Å²) in [6.45, 7) is 2.06. The Morgan fingerprint density at radius 3 is 2.96 bits per heavy atom. The molecule has 124 valence electrons. The van der Waals surface area contributed by atoms with Crippen LogP contribution in [0.15, 0.2) is 41.3 Å². The molecule has 0 saturated carbocycles. The van der Waals surface area contributed by atoms with Crippen LogP contribution in [0.25, 0.3) is 22.2 Å². The van der Waals surface area contributed by atoms with E-state index in [0.717, 1.165) is 35.2 Å². The van der Waals surface area contributed by atoms with Crippen LogP contribution in [0.1, 0.15) is 12.0 Å². The first-order valence-electron chi connectivity index (χ1n) is 8.05. The maximum absolute atomic E-state index is 13.3. The van der Waals surface area contributed by atoms with Gasteiger partial charge in [0.05, 0.1) is 11.3 Å². The molecule has 5 nitrogen and oxygen atoms in total. The number of aromatic nitrogens is 2. The molecule has 0 unspecified atom stereocenters. The third-order valence-corrected chi connectivity index (χ3v) is 4.52. The highest BCUT2D eigenvalue weighted by Gasteiger charge is 2.21. The van der Waals surface area contributed by atoms with Crippen molar-refractivity contribution < 1.29 is 4.39 Å². The molecule has 6 heteroatoms. The SMILES string of the molecule is Nc1c[nH]c(=O)c(-c2cc3cc(CN4CC[C@@H](F)C4)ccc3[nH]2)c1. The molecule has 3 heterocycles. The zero-order valence-corrected chi connectivity index (χ0v) is 13.2. The number of fused-ring (bicyclic) bond motifs is 1. The van der Waals surface area contributed by atoms with E-state index in [9.17, 15) is 9.18 Å². The van der Waals surface area contributed by atoms with Crippen LogP contribution in [0.2, 0.25) is 0 Å². The van der Waals surface area contributed by atoms with Gasteiger partial charge in [-0.1, -0.05) is 6.07 Å². The number of pyridine rings is 1. The van der Waals surface area contributed by atoms with E-state index in [4.69, 9.17) is 5.73 Å². The van der Waals surface area contributed by atoms with Gasteiger partial charge in [0.25, 0.3) is 5.56 Å². The van der Waals surface area contributed by atoms with Gasteiger partial charge in [-0.15, -0.1) is 0 Å². The molecular formula is C18H19FN4O. The van der Waals surface area contributed by atoms with Crippen molar-refractivity contribution in [2.24, 2.45) is 0 Å². The third-order valence-electron chi connectivity index (χ3n) is 4.52. The molecule has 3 aromatic rings. The first kappa shape index (κ1) is 15.0. The third kappa shape index (κ3) is 2.80. The molecule has 0 aliphatic carbocycles. The summed E-state index contributed by atoms with van der Waals surface area (Å²) in [6, 6.07) is 9.73. The van der Waals surface area contributed by atoms with Crippen molar-refractivity contribution in [2.45, 2.75) is 19.1 Å². The van der Waals surface area contributed by atoms with Crippen molar-refractivity contribution in [3.8, 4) is 11.3 Å². The topological polar surface area (TPSA) is 77.9 Å². The molecule has 1 aliphatic heterocycles. The lowest BCUT2D eigenvalue weighted by Gasteiger charge is -2.14. The Bertz CT molecular complexity index is 946. The van der Waals surface area contributed by atoms with Gasteiger partial charge in [-0.3, -0.25) is 9.69 Å². The average molecular weight is 326 g/mol. The van der Waals surface area contributed by atoms with E-state index in [0.29, 0.717) is 24.2 Å². The molecule has 1 atom stereocenters. The zero-order valence-electron chi connectivity index (χ0n) is 13.2. The smallest absolute Gasteiger partial charge is 0.257 e. The number of alkyl halides is 1. The number of benzene rings is 1. The number of nitrogen functional groups attached to an aromatic ring is 1. The fourth-order valence-electron chi connectivity index (χ4n) is 3.31. The number of anilines is 1. The van der Waals surface area contributed by atoms with Crippen molar-refractivity contribution in [3.05, 3.63) is 52.4 Å². The van der Waals surface area contributed by atoms with E-state index in [1.54, 1.807) is 6.07 Å². The number of likely N-dealkylation sites (tertiary alicyclic amines) is 1. The van der Waals surface area contributed by atoms with Gasteiger partial charge in [-0.2, -0.15) is 0 Å². The molecule has 24 heavy (non-hydrogen) atoms. The number of halogens is 1. The highest BCUT2D eigenvalue weighted by atomic mass is 19.1. The van der Waals surface area contributed by atoms with E-state index in [-0.39, 0.29) is 5.56 Å². The van der Waals surface area contributed by atoms with Crippen molar-refractivity contribution in [1.29, 1.82) is 0 Å². The predicted octanol–water partition coefficient (Wildman–Crippen LogP) is 2.65. The second-order valence-corrected chi connectivity index (χ2v) is 6.40. The van der Waals surface area contributed by atoms with Crippen molar-refractivity contribution >= 4 is 16.6 Å². The summed E-state index contributed by atoms with van der Waals surface area (Å²) in [7, 11) is 0. The standard InChI is InChI=1S/C18H19FN4O/c19-13-3-4-23(10-13)9-11-1-2-16-12(5-11)6-17(22-16)15-7-14(20)8-21-18(15)24/h1-2,5-8,13,22H,3-4,9-10,20H2,(H,21,24)/t13-/m1/s1. The van der Waals surface area contributed by atoms with Gasteiger partial charge in [-0.25, -0.2) is 4.39 Å². The number of hydrogen-bond acceptors (Lipinski definition) is 3. The number of nitrogens with two attached hydrogens (primary N) is 1. The highest BCUT2D eigenvalue weighted by Crippen LogP contribution is 2.25. The second kappa shape index (κ2) is 5.79. The largest absolute Gasteiger partial charge is 0.398 e. The molecule has 0 bridgehead atoms. The summed E-state index contributed by atoms with van der Waals surface area (Å²) in [5.41, 5.74) is 9.46. The lowest BCUT2D eigenvalue weighted by molar-refractivity contribution is 0.282. The van der Waals surface area contributed by atoms with E-state index >= 15 is 0 Å². The predicted molar refractivity (Wildman–Crippen MR) is 93.6 cm³/mol. The maximum atomic E-state index is 13.3. The van der Waals surface area contributed by atoms with E-state index in [2.05, 4.69) is 20.9 Å². The van der Waals surface area contributed by atoms with Gasteiger partial charge >= 0.3 is 0 Å². The van der Waals surface area contributed by atoms with E-state index < -0.39 is 6.17 Å². The first-order valence-corrected chi connectivity index (χ1v) is 8.05. The minimum absolute atomic E-state index is 0.179. The number of nitrogens with one attached hydrogen (secondary N) is 2. The minimum Gasteiger partial charge on any atom is -0.398 e. The molecule has 4 rings (SSSR count). The van der Waals surface area contributed by atoms with Crippen LogP contribution < -0.4 is 11.3 Å². The fraction of sp³-hybridized carbons (Fsp3) is 0.278. The summed E-state index contributed by atoms with van der Waals surface area (Å²) in [5.74, 6) is 0. The van der Waals surface area contributed by atoms with Gasteiger partial charge in [0, 0.05) is 42.4 Å². The van der Waals surface area contributed by atoms with Gasteiger partial charge in [0.1, 0.15) is 6.17 Å². The van der Waals surface area contributed by atoms with Crippen LogP contribution in [0.3, 0.4) is 0 Å². The Hall–Kier alpha value is -2.60. The lowest BCUT2D eigenvalue weighted by atomic mass is 10.1. The van der Waals surface area contributed by atoms with E-state index in [1.165, 1.54) is 6.20 Å². The van der Waals surface area contributed by atoms with Crippen LogP contribution in [0.4, 0.5) is 10.1 Å². The van der Waals surface area contributed by atoms with Gasteiger partial charge in [0.15, 0.2) is 0 Å². The highest BCUT2D eigenvalue weighted by molar-refractivity contribution is 5.86. The number of nitrogens with zero attached hydrogens (tertiary/aromatic N) is 1. The van der Waals surface area contributed by atoms with Crippen molar-refractivity contribution in [1.82, 2.24) is 14.9 Å². The van der Waals surface area contributed by atoms with Crippen LogP contribution in [0, 0.1) is 0 Å². The van der Waals surface area contributed by atoms with Gasteiger partial charge in [-0.05, 0) is 36.2 Å². The Morgan fingerprint density at radius 2 is 2.17 bits per heavy atom. The summed E-state index contributed by atoms with van der Waals surface area (Å²) in [4.78, 5) is 20.0. The quantitative estimate of drug-likeness (QED) is 0.692. The average Bonchev–Trinajstić information content (AvgIpc) is 3.15. The van der Waals surface area contributed by atoms with Crippen molar-refractivity contribution in [3.63, 3.8) is 0 Å². The number of rotatable bonds is 3. The molecule has 1 fully saturated rings. The van der Waals surface area contributed by atoms with Gasteiger partial charge in [0.2, 0.25) is 0 Å².